The lowest BCUT2D eigenvalue weighted by atomic mass is 10.1. The topological polar surface area (TPSA) is 41.4 Å². The van der Waals surface area contributed by atoms with E-state index in [0.29, 0.717) is 0 Å². The van der Waals surface area contributed by atoms with Crippen molar-refractivity contribution < 1.29 is 4.79 Å². The van der Waals surface area contributed by atoms with Gasteiger partial charge in [0.2, 0.25) is 0 Å². The van der Waals surface area contributed by atoms with Crippen LogP contribution in [-0.2, 0) is 0 Å². The second-order valence-corrected chi connectivity index (χ2v) is 6.58. The summed E-state index contributed by atoms with van der Waals surface area (Å²) in [6.07, 6.45) is 3.85. The van der Waals surface area contributed by atoms with Crippen LogP contribution in [0.3, 0.4) is 0 Å². The van der Waals surface area contributed by atoms with E-state index in [4.69, 9.17) is 0 Å². The Balaban J connectivity index is 1.39. The molecule has 0 aliphatic carbocycles. The normalized spacial score (nSPS) is 14.5. The Morgan fingerprint density at radius 1 is 0.885 bits per heavy atom. The summed E-state index contributed by atoms with van der Waals surface area (Å²) in [6, 6.07) is 18.0. The minimum Gasteiger partial charge on any atom is -0.368 e. The number of hydrogen-bond acceptors (Lipinski definition) is 3. The number of carbonyl (C=O) groups is 1. The Bertz CT molecular complexity index is 878. The van der Waals surface area contributed by atoms with Crippen LogP contribution in [-0.4, -0.2) is 46.5 Å². The number of hydrogen-bond donors (Lipinski definition) is 0. The van der Waals surface area contributed by atoms with Gasteiger partial charge in [-0.3, -0.25) is 4.79 Å². The summed E-state index contributed by atoms with van der Waals surface area (Å²) in [5.41, 5.74) is 4.07. The van der Waals surface area contributed by atoms with Gasteiger partial charge in [0, 0.05) is 49.3 Å². The lowest BCUT2D eigenvalue weighted by Crippen LogP contribution is -2.48. The molecule has 1 aliphatic heterocycles. The third-order valence-corrected chi connectivity index (χ3v) is 4.81. The zero-order valence-corrected chi connectivity index (χ0v) is 14.9. The van der Waals surface area contributed by atoms with Crippen LogP contribution in [0.5, 0.6) is 0 Å². The van der Waals surface area contributed by atoms with Crippen molar-refractivity contribution in [1.29, 1.82) is 0 Å². The molecule has 1 aromatic heterocycles. The monoisotopic (exact) mass is 346 g/mol. The maximum Gasteiger partial charge on any atom is 0.253 e. The maximum absolute atomic E-state index is 12.5. The third kappa shape index (κ3) is 3.33. The number of amides is 1. The zero-order valence-electron chi connectivity index (χ0n) is 14.9. The fraction of sp³-hybridized carbons (Fsp3) is 0.238. The molecule has 0 saturated carbocycles. The largest absolute Gasteiger partial charge is 0.368 e. The molecule has 0 bridgehead atoms. The smallest absolute Gasteiger partial charge is 0.253 e. The minimum absolute atomic E-state index is 0.121. The summed E-state index contributed by atoms with van der Waals surface area (Å²) < 4.78 is 2.02. The number of nitrogens with zero attached hydrogens (tertiary/aromatic N) is 4. The maximum atomic E-state index is 12.5. The molecule has 1 saturated heterocycles. The van der Waals surface area contributed by atoms with Crippen molar-refractivity contribution in [2.45, 2.75) is 6.92 Å². The van der Waals surface area contributed by atoms with Crippen molar-refractivity contribution in [2.24, 2.45) is 0 Å². The van der Waals surface area contributed by atoms with Gasteiger partial charge < -0.3 is 14.4 Å². The van der Waals surface area contributed by atoms with Crippen molar-refractivity contribution in [3.05, 3.63) is 78.4 Å². The summed E-state index contributed by atoms with van der Waals surface area (Å²) in [4.78, 5) is 21.1. The molecule has 0 atom stereocenters. The highest BCUT2D eigenvalue weighted by molar-refractivity contribution is 5.94. The van der Waals surface area contributed by atoms with Crippen LogP contribution in [0.15, 0.2) is 67.1 Å². The van der Waals surface area contributed by atoms with Crippen LogP contribution < -0.4 is 4.90 Å². The molecule has 1 aliphatic rings. The van der Waals surface area contributed by atoms with Crippen LogP contribution in [0, 0.1) is 6.92 Å². The number of rotatable bonds is 3. The summed E-state index contributed by atoms with van der Waals surface area (Å²) in [5.74, 6) is 0.121. The number of carbonyl (C=O) groups excluding carboxylic acids is 1. The number of aromatic nitrogens is 2. The van der Waals surface area contributed by atoms with Gasteiger partial charge in [0.15, 0.2) is 0 Å². The fourth-order valence-electron chi connectivity index (χ4n) is 3.33. The zero-order chi connectivity index (χ0) is 17.9. The van der Waals surface area contributed by atoms with E-state index in [1.54, 1.807) is 0 Å². The van der Waals surface area contributed by atoms with Crippen LogP contribution in [0.4, 0.5) is 5.69 Å². The first-order valence-corrected chi connectivity index (χ1v) is 8.91. The van der Waals surface area contributed by atoms with E-state index in [1.165, 1.54) is 5.69 Å². The Hall–Kier alpha value is -3.08. The van der Waals surface area contributed by atoms with Crippen molar-refractivity contribution in [2.75, 3.05) is 31.1 Å². The van der Waals surface area contributed by atoms with Crippen molar-refractivity contribution in [3.63, 3.8) is 0 Å². The van der Waals surface area contributed by atoms with E-state index in [-0.39, 0.29) is 5.91 Å². The van der Waals surface area contributed by atoms with Crippen molar-refractivity contribution in [3.8, 4) is 5.69 Å². The SMILES string of the molecule is Cc1cn(-c2ccc(N3CCN(C(=O)c4ccccc4)CC3)cc2)cn1. The third-order valence-electron chi connectivity index (χ3n) is 4.81. The summed E-state index contributed by atoms with van der Waals surface area (Å²) in [5, 5.41) is 0. The van der Waals surface area contributed by atoms with Gasteiger partial charge in [-0.05, 0) is 43.3 Å². The van der Waals surface area contributed by atoms with E-state index in [1.807, 2.05) is 59.2 Å². The van der Waals surface area contributed by atoms with Gasteiger partial charge in [-0.25, -0.2) is 4.98 Å². The molecular formula is C21H22N4O. The first-order chi connectivity index (χ1) is 12.7. The number of imidazole rings is 1. The molecule has 5 heteroatoms. The lowest BCUT2D eigenvalue weighted by Gasteiger charge is -2.36. The quantitative estimate of drug-likeness (QED) is 0.732. The van der Waals surface area contributed by atoms with Gasteiger partial charge in [-0.15, -0.1) is 0 Å². The van der Waals surface area contributed by atoms with Crippen LogP contribution in [0.25, 0.3) is 5.69 Å². The lowest BCUT2D eigenvalue weighted by molar-refractivity contribution is 0.0747. The second-order valence-electron chi connectivity index (χ2n) is 6.58. The molecule has 1 amide bonds. The Morgan fingerprint density at radius 2 is 1.54 bits per heavy atom. The Kier molecular flexibility index (Phi) is 4.44. The van der Waals surface area contributed by atoms with Crippen LogP contribution in [0.1, 0.15) is 16.1 Å². The van der Waals surface area contributed by atoms with Gasteiger partial charge >= 0.3 is 0 Å². The number of piperazine rings is 1. The summed E-state index contributed by atoms with van der Waals surface area (Å²) in [6.45, 7) is 5.18. The molecule has 2 heterocycles. The molecule has 1 fully saturated rings. The van der Waals surface area contributed by atoms with Gasteiger partial charge in [-0.2, -0.15) is 0 Å². The number of benzene rings is 2. The van der Waals surface area contributed by atoms with E-state index >= 15 is 0 Å². The molecule has 26 heavy (non-hydrogen) atoms. The molecule has 2 aromatic carbocycles. The Labute approximate surface area is 153 Å². The molecule has 5 nitrogen and oxygen atoms in total. The number of aryl methyl sites for hydroxylation is 1. The predicted octanol–water partition coefficient (Wildman–Crippen LogP) is 3.14. The van der Waals surface area contributed by atoms with E-state index < -0.39 is 0 Å². The molecule has 3 aromatic rings. The summed E-state index contributed by atoms with van der Waals surface area (Å²) in [7, 11) is 0. The molecule has 132 valence electrons. The molecule has 4 rings (SSSR count). The standard InChI is InChI=1S/C21H22N4O/c1-17-15-25(16-22-17)20-9-7-19(8-10-20)23-11-13-24(14-12-23)21(26)18-5-3-2-4-6-18/h2-10,15-16H,11-14H2,1H3. The van der Waals surface area contributed by atoms with Crippen LogP contribution >= 0.6 is 0 Å². The van der Waals surface area contributed by atoms with Crippen molar-refractivity contribution >= 4 is 11.6 Å². The average molecular weight is 346 g/mol. The minimum atomic E-state index is 0.121. The first kappa shape index (κ1) is 16.4. The highest BCUT2D eigenvalue weighted by Gasteiger charge is 2.22. The van der Waals surface area contributed by atoms with E-state index in [9.17, 15) is 4.79 Å². The van der Waals surface area contributed by atoms with Gasteiger partial charge in [0.1, 0.15) is 0 Å². The average Bonchev–Trinajstić information content (AvgIpc) is 3.15. The Morgan fingerprint density at radius 3 is 2.15 bits per heavy atom. The summed E-state index contributed by atoms with van der Waals surface area (Å²) >= 11 is 0. The van der Waals surface area contributed by atoms with Gasteiger partial charge in [0.05, 0.1) is 12.0 Å². The van der Waals surface area contributed by atoms with Gasteiger partial charge in [-0.1, -0.05) is 18.2 Å². The molecule has 0 radical (unpaired) electrons. The molecular weight excluding hydrogens is 324 g/mol. The predicted molar refractivity (Wildman–Crippen MR) is 103 cm³/mol. The highest BCUT2D eigenvalue weighted by Crippen LogP contribution is 2.20. The fourth-order valence-corrected chi connectivity index (χ4v) is 3.33. The molecule has 0 unspecified atom stereocenters. The second kappa shape index (κ2) is 7.04. The molecule has 0 N–H and O–H groups in total. The first-order valence-electron chi connectivity index (χ1n) is 8.91. The van der Waals surface area contributed by atoms with E-state index in [2.05, 4.69) is 34.1 Å². The van der Waals surface area contributed by atoms with Gasteiger partial charge in [0.25, 0.3) is 5.91 Å². The van der Waals surface area contributed by atoms with Crippen molar-refractivity contribution in [1.82, 2.24) is 14.5 Å². The van der Waals surface area contributed by atoms with Crippen LogP contribution in [0.2, 0.25) is 0 Å². The van der Waals surface area contributed by atoms with E-state index in [0.717, 1.165) is 43.1 Å². The number of anilines is 1. The highest BCUT2D eigenvalue weighted by atomic mass is 16.2. The molecule has 0 spiro atoms.